The average molecular weight is 340 g/mol. The summed E-state index contributed by atoms with van der Waals surface area (Å²) in [5, 5.41) is 6.31. The minimum atomic E-state index is -0.127. The van der Waals surface area contributed by atoms with E-state index in [9.17, 15) is 9.59 Å². The molecule has 0 aliphatic rings. The maximum atomic E-state index is 12.2. The van der Waals surface area contributed by atoms with Crippen molar-refractivity contribution in [2.45, 2.75) is 47.0 Å². The van der Waals surface area contributed by atoms with Crippen LogP contribution in [-0.4, -0.2) is 47.9 Å². The Morgan fingerprint density at radius 3 is 2.39 bits per heavy atom. The summed E-state index contributed by atoms with van der Waals surface area (Å²) in [6.07, 6.45) is 2.66. The molecule has 1 aromatic rings. The summed E-state index contributed by atoms with van der Waals surface area (Å²) in [7, 11) is 0. The minimum Gasteiger partial charge on any atom is -0.355 e. The van der Waals surface area contributed by atoms with Crippen LogP contribution in [0.5, 0.6) is 0 Å². The van der Waals surface area contributed by atoms with Gasteiger partial charge in [0.2, 0.25) is 11.8 Å². The van der Waals surface area contributed by atoms with Crippen molar-refractivity contribution in [3.8, 4) is 0 Å². The second-order valence-corrected chi connectivity index (χ2v) is 6.69. The third kappa shape index (κ3) is 7.09. The van der Waals surface area contributed by atoms with Gasteiger partial charge in [-0.15, -0.1) is 11.3 Å². The molecule has 0 fully saturated rings. The molecule has 2 amide bonds. The van der Waals surface area contributed by atoms with E-state index in [0.717, 1.165) is 29.8 Å². The Morgan fingerprint density at radius 2 is 1.83 bits per heavy atom. The number of carbonyl (C=O) groups is 2. The molecule has 0 spiro atoms. The maximum Gasteiger partial charge on any atom is 0.240 e. The Labute approximate surface area is 142 Å². The normalized spacial score (nSPS) is 10.8. The van der Waals surface area contributed by atoms with Crippen LogP contribution in [0.1, 0.15) is 44.2 Å². The van der Waals surface area contributed by atoms with Crippen LogP contribution >= 0.6 is 11.3 Å². The van der Waals surface area contributed by atoms with Crippen LogP contribution in [0.4, 0.5) is 5.13 Å². The monoisotopic (exact) mass is 340 g/mol. The molecule has 0 atom stereocenters. The van der Waals surface area contributed by atoms with Gasteiger partial charge in [-0.25, -0.2) is 4.98 Å². The van der Waals surface area contributed by atoms with E-state index in [1.165, 1.54) is 11.3 Å². The van der Waals surface area contributed by atoms with Gasteiger partial charge < -0.3 is 10.6 Å². The van der Waals surface area contributed by atoms with Crippen LogP contribution in [0.2, 0.25) is 0 Å². The van der Waals surface area contributed by atoms with E-state index in [4.69, 9.17) is 0 Å². The highest BCUT2D eigenvalue weighted by molar-refractivity contribution is 7.15. The molecule has 0 aliphatic heterocycles. The Balaban J connectivity index is 2.53. The number of aryl methyl sites for hydroxylation is 2. The molecule has 0 aromatic carbocycles. The molecule has 1 aromatic heterocycles. The first kappa shape index (κ1) is 19.6. The minimum absolute atomic E-state index is 0.0357. The Kier molecular flexibility index (Phi) is 8.79. The van der Waals surface area contributed by atoms with Gasteiger partial charge in [0, 0.05) is 11.4 Å². The lowest BCUT2D eigenvalue weighted by Gasteiger charge is -2.20. The quantitative estimate of drug-likeness (QED) is 0.685. The fourth-order valence-electron chi connectivity index (χ4n) is 2.23. The second-order valence-electron chi connectivity index (χ2n) is 5.48. The molecule has 1 rings (SSSR count). The molecule has 2 N–H and O–H groups in total. The van der Waals surface area contributed by atoms with Crippen LogP contribution in [0.3, 0.4) is 0 Å². The molecule has 7 heteroatoms. The van der Waals surface area contributed by atoms with Gasteiger partial charge in [0.15, 0.2) is 5.13 Å². The SMILES string of the molecule is CCCNC(=O)CN(CCC)CC(=O)Nc1nc(CC)c(C)s1. The van der Waals surface area contributed by atoms with Crippen LogP contribution in [0, 0.1) is 6.92 Å². The van der Waals surface area contributed by atoms with Crippen molar-refractivity contribution in [2.75, 3.05) is 31.5 Å². The molecule has 1 heterocycles. The Bertz CT molecular complexity index is 516. The smallest absolute Gasteiger partial charge is 0.240 e. The number of carbonyl (C=O) groups excluding carboxylic acids is 2. The highest BCUT2D eigenvalue weighted by Crippen LogP contribution is 2.22. The van der Waals surface area contributed by atoms with E-state index in [2.05, 4.69) is 15.6 Å². The van der Waals surface area contributed by atoms with E-state index in [1.54, 1.807) is 0 Å². The second kappa shape index (κ2) is 10.3. The predicted octanol–water partition coefficient (Wildman–Crippen LogP) is 2.19. The summed E-state index contributed by atoms with van der Waals surface area (Å²) in [5.41, 5.74) is 1.02. The van der Waals surface area contributed by atoms with Crippen LogP contribution in [0.25, 0.3) is 0 Å². The van der Waals surface area contributed by atoms with Crippen LogP contribution in [-0.2, 0) is 16.0 Å². The van der Waals surface area contributed by atoms with Crippen molar-refractivity contribution in [1.82, 2.24) is 15.2 Å². The summed E-state index contributed by atoms with van der Waals surface area (Å²) in [5.74, 6) is -0.162. The Morgan fingerprint density at radius 1 is 1.13 bits per heavy atom. The van der Waals surface area contributed by atoms with Crippen molar-refractivity contribution < 1.29 is 9.59 Å². The van der Waals surface area contributed by atoms with Crippen LogP contribution in [0.15, 0.2) is 0 Å². The standard InChI is InChI=1S/C16H28N4O2S/c1-5-8-17-14(21)10-20(9-6-2)11-15(22)19-16-18-13(7-3)12(4)23-16/h5-11H2,1-4H3,(H,17,21)(H,18,19,22). The highest BCUT2D eigenvalue weighted by atomic mass is 32.1. The van der Waals surface area contributed by atoms with Gasteiger partial charge in [-0.2, -0.15) is 0 Å². The van der Waals surface area contributed by atoms with Gasteiger partial charge >= 0.3 is 0 Å². The molecule has 0 aliphatic carbocycles. The first-order chi connectivity index (χ1) is 11.0. The lowest BCUT2D eigenvalue weighted by Crippen LogP contribution is -2.41. The lowest BCUT2D eigenvalue weighted by atomic mass is 10.3. The van der Waals surface area contributed by atoms with E-state index in [0.29, 0.717) is 18.2 Å². The first-order valence-electron chi connectivity index (χ1n) is 8.25. The molecular formula is C16H28N4O2S. The number of thiazole rings is 1. The zero-order valence-corrected chi connectivity index (χ0v) is 15.4. The number of hydrogen-bond donors (Lipinski definition) is 2. The van der Waals surface area contributed by atoms with Crippen LogP contribution < -0.4 is 10.6 Å². The largest absolute Gasteiger partial charge is 0.355 e. The van der Waals surface area contributed by atoms with Gasteiger partial charge in [-0.3, -0.25) is 14.5 Å². The third-order valence-electron chi connectivity index (χ3n) is 3.32. The molecular weight excluding hydrogens is 312 g/mol. The van der Waals surface area contributed by atoms with E-state index < -0.39 is 0 Å². The molecule has 23 heavy (non-hydrogen) atoms. The van der Waals surface area contributed by atoms with E-state index >= 15 is 0 Å². The zero-order valence-electron chi connectivity index (χ0n) is 14.6. The van der Waals surface area contributed by atoms with Crippen molar-refractivity contribution in [1.29, 1.82) is 0 Å². The third-order valence-corrected chi connectivity index (χ3v) is 4.25. The molecule has 130 valence electrons. The molecule has 0 bridgehead atoms. The summed E-state index contributed by atoms with van der Waals surface area (Å²) in [4.78, 5) is 31.4. The fraction of sp³-hybridized carbons (Fsp3) is 0.688. The number of aromatic nitrogens is 1. The molecule has 0 radical (unpaired) electrons. The van der Waals surface area contributed by atoms with Gasteiger partial charge in [0.1, 0.15) is 0 Å². The van der Waals surface area contributed by atoms with E-state index in [1.807, 2.05) is 32.6 Å². The number of nitrogens with one attached hydrogen (secondary N) is 2. The first-order valence-corrected chi connectivity index (χ1v) is 9.06. The topological polar surface area (TPSA) is 74.3 Å². The van der Waals surface area contributed by atoms with E-state index in [-0.39, 0.29) is 24.9 Å². The zero-order chi connectivity index (χ0) is 17.2. The molecule has 6 nitrogen and oxygen atoms in total. The number of nitrogens with zero attached hydrogens (tertiary/aromatic N) is 2. The average Bonchev–Trinajstić information content (AvgIpc) is 2.84. The molecule has 0 saturated carbocycles. The summed E-state index contributed by atoms with van der Waals surface area (Å²) >= 11 is 1.49. The fourth-order valence-corrected chi connectivity index (χ4v) is 3.14. The van der Waals surface area contributed by atoms with Gasteiger partial charge in [0.25, 0.3) is 0 Å². The number of hydrogen-bond acceptors (Lipinski definition) is 5. The van der Waals surface area contributed by atoms with Gasteiger partial charge in [0.05, 0.1) is 18.8 Å². The molecule has 0 saturated heterocycles. The van der Waals surface area contributed by atoms with Crippen molar-refractivity contribution >= 4 is 28.3 Å². The Hall–Kier alpha value is -1.47. The predicted molar refractivity (Wildman–Crippen MR) is 94.9 cm³/mol. The summed E-state index contributed by atoms with van der Waals surface area (Å²) in [6.45, 7) is 9.93. The van der Waals surface area contributed by atoms with Crippen molar-refractivity contribution in [3.63, 3.8) is 0 Å². The number of amides is 2. The van der Waals surface area contributed by atoms with Gasteiger partial charge in [-0.05, 0) is 32.7 Å². The molecule has 0 unspecified atom stereocenters. The summed E-state index contributed by atoms with van der Waals surface area (Å²) in [6, 6.07) is 0. The van der Waals surface area contributed by atoms with Gasteiger partial charge in [-0.1, -0.05) is 20.8 Å². The summed E-state index contributed by atoms with van der Waals surface area (Å²) < 4.78 is 0. The van der Waals surface area contributed by atoms with Crippen molar-refractivity contribution in [2.24, 2.45) is 0 Å². The number of anilines is 1. The lowest BCUT2D eigenvalue weighted by molar-refractivity contribution is -0.123. The highest BCUT2D eigenvalue weighted by Gasteiger charge is 2.15. The maximum absolute atomic E-state index is 12.2. The number of rotatable bonds is 10. The van der Waals surface area contributed by atoms with Crippen molar-refractivity contribution in [3.05, 3.63) is 10.6 Å².